The zero-order valence-electron chi connectivity index (χ0n) is 9.87. The van der Waals surface area contributed by atoms with Gasteiger partial charge in [0.15, 0.2) is 0 Å². The lowest BCUT2D eigenvalue weighted by Crippen LogP contribution is -2.60. The smallest absolute Gasteiger partial charge is 0.355 e. The molecule has 4 nitrogen and oxygen atoms in total. The summed E-state index contributed by atoms with van der Waals surface area (Å²) >= 11 is 0. The highest BCUT2D eigenvalue weighted by Crippen LogP contribution is 2.30. The van der Waals surface area contributed by atoms with Crippen LogP contribution in [-0.4, -0.2) is 34.0 Å². The van der Waals surface area contributed by atoms with E-state index in [0.29, 0.717) is 6.54 Å². The topological polar surface area (TPSA) is 70.5 Å². The van der Waals surface area contributed by atoms with Gasteiger partial charge in [-0.1, -0.05) is 6.92 Å². The molecular formula is C10H24N2O2Si. The van der Waals surface area contributed by atoms with E-state index in [4.69, 9.17) is 20.3 Å². The molecule has 4 N–H and O–H groups in total. The molecule has 0 radical (unpaired) electrons. The molecule has 1 rings (SSSR count). The highest BCUT2D eigenvalue weighted by atomic mass is 28.4. The lowest BCUT2D eigenvalue weighted by molar-refractivity contribution is 0.0891. The van der Waals surface area contributed by atoms with Crippen molar-refractivity contribution in [1.29, 1.82) is 0 Å². The van der Waals surface area contributed by atoms with Crippen molar-refractivity contribution >= 4 is 8.56 Å². The summed E-state index contributed by atoms with van der Waals surface area (Å²) in [6.07, 6.45) is 4.39. The number of rotatable bonds is 5. The van der Waals surface area contributed by atoms with Gasteiger partial charge in [0.05, 0.1) is 0 Å². The predicted molar refractivity (Wildman–Crippen MR) is 63.6 cm³/mol. The summed E-state index contributed by atoms with van der Waals surface area (Å²) in [4.78, 5) is 0. The van der Waals surface area contributed by atoms with Gasteiger partial charge >= 0.3 is 8.56 Å². The van der Waals surface area contributed by atoms with Crippen molar-refractivity contribution < 1.29 is 8.85 Å². The van der Waals surface area contributed by atoms with Crippen molar-refractivity contribution in [3.63, 3.8) is 0 Å². The maximum Gasteiger partial charge on any atom is 0.355 e. The molecule has 0 aromatic rings. The van der Waals surface area contributed by atoms with Crippen LogP contribution >= 0.6 is 0 Å². The van der Waals surface area contributed by atoms with E-state index >= 15 is 0 Å². The zero-order chi connectivity index (χ0) is 11.3. The molecule has 1 fully saturated rings. The first-order valence-electron chi connectivity index (χ1n) is 5.87. The standard InChI is InChI=1S/C10H24N2O2Si/c1-3-10(12)15(13-2)8-4-5-9(14-15)6-7-11/h9-10H,3-8,11-12H2,1-2H3. The fourth-order valence-electron chi connectivity index (χ4n) is 2.25. The summed E-state index contributed by atoms with van der Waals surface area (Å²) in [5.41, 5.74) is 11.8. The minimum Gasteiger partial charge on any atom is -0.397 e. The number of hydrogen-bond donors (Lipinski definition) is 2. The first kappa shape index (κ1) is 13.1. The van der Waals surface area contributed by atoms with Gasteiger partial charge in [0.25, 0.3) is 0 Å². The van der Waals surface area contributed by atoms with E-state index in [1.54, 1.807) is 7.11 Å². The van der Waals surface area contributed by atoms with Crippen molar-refractivity contribution in [2.45, 2.75) is 50.4 Å². The fourth-order valence-corrected chi connectivity index (χ4v) is 5.64. The van der Waals surface area contributed by atoms with Crippen LogP contribution in [-0.2, 0) is 8.85 Å². The van der Waals surface area contributed by atoms with Crippen LogP contribution in [0.2, 0.25) is 6.04 Å². The zero-order valence-corrected chi connectivity index (χ0v) is 10.9. The molecule has 1 heterocycles. The van der Waals surface area contributed by atoms with Gasteiger partial charge in [0, 0.05) is 18.9 Å². The Morgan fingerprint density at radius 1 is 1.60 bits per heavy atom. The van der Waals surface area contributed by atoms with Crippen molar-refractivity contribution in [2.75, 3.05) is 13.7 Å². The van der Waals surface area contributed by atoms with Gasteiger partial charge in [-0.05, 0) is 38.3 Å². The molecule has 3 unspecified atom stereocenters. The van der Waals surface area contributed by atoms with E-state index in [2.05, 4.69) is 6.92 Å². The SMILES string of the molecule is CCC(N)[Si]1(OC)CCCC(CCN)O1. The second-order valence-electron chi connectivity index (χ2n) is 4.24. The Bertz CT molecular complexity index is 192. The summed E-state index contributed by atoms with van der Waals surface area (Å²) in [5.74, 6) is 0. The number of hydrogen-bond acceptors (Lipinski definition) is 4. The Morgan fingerprint density at radius 3 is 2.87 bits per heavy atom. The van der Waals surface area contributed by atoms with E-state index in [-0.39, 0.29) is 11.8 Å². The van der Waals surface area contributed by atoms with Crippen molar-refractivity contribution in [2.24, 2.45) is 11.5 Å². The van der Waals surface area contributed by atoms with Crippen LogP contribution in [0.4, 0.5) is 0 Å². The van der Waals surface area contributed by atoms with Gasteiger partial charge in [0.1, 0.15) is 0 Å². The highest BCUT2D eigenvalue weighted by Gasteiger charge is 2.46. The van der Waals surface area contributed by atoms with Crippen molar-refractivity contribution in [3.05, 3.63) is 0 Å². The largest absolute Gasteiger partial charge is 0.397 e. The summed E-state index contributed by atoms with van der Waals surface area (Å²) in [7, 11) is -0.395. The van der Waals surface area contributed by atoms with Crippen LogP contribution in [0.1, 0.15) is 32.6 Å². The Kier molecular flexibility index (Phi) is 5.21. The summed E-state index contributed by atoms with van der Waals surface area (Å²) in [5, 5.41) is 0. The van der Waals surface area contributed by atoms with E-state index < -0.39 is 8.56 Å². The van der Waals surface area contributed by atoms with E-state index in [1.165, 1.54) is 6.42 Å². The van der Waals surface area contributed by atoms with E-state index in [0.717, 1.165) is 25.3 Å². The van der Waals surface area contributed by atoms with Gasteiger partial charge in [-0.15, -0.1) is 0 Å². The minimum absolute atomic E-state index is 0.0862. The molecule has 0 spiro atoms. The van der Waals surface area contributed by atoms with Crippen LogP contribution < -0.4 is 11.5 Å². The molecular weight excluding hydrogens is 208 g/mol. The van der Waals surface area contributed by atoms with Gasteiger partial charge in [0.2, 0.25) is 0 Å². The Morgan fingerprint density at radius 2 is 2.33 bits per heavy atom. The van der Waals surface area contributed by atoms with Crippen molar-refractivity contribution in [3.8, 4) is 0 Å². The predicted octanol–water partition coefficient (Wildman–Crippen LogP) is 0.879. The van der Waals surface area contributed by atoms with Crippen LogP contribution in [0, 0.1) is 0 Å². The molecule has 3 atom stereocenters. The van der Waals surface area contributed by atoms with Crippen LogP contribution in [0.5, 0.6) is 0 Å². The third kappa shape index (κ3) is 3.01. The maximum atomic E-state index is 6.13. The van der Waals surface area contributed by atoms with Crippen LogP contribution in [0.25, 0.3) is 0 Å². The first-order chi connectivity index (χ1) is 7.18. The first-order valence-corrected chi connectivity index (χ1v) is 7.97. The monoisotopic (exact) mass is 232 g/mol. The van der Waals surface area contributed by atoms with Crippen molar-refractivity contribution in [1.82, 2.24) is 0 Å². The van der Waals surface area contributed by atoms with Gasteiger partial charge < -0.3 is 20.3 Å². The van der Waals surface area contributed by atoms with E-state index in [1.807, 2.05) is 0 Å². The molecule has 5 heteroatoms. The lowest BCUT2D eigenvalue weighted by atomic mass is 10.1. The molecule has 1 aliphatic heterocycles. The normalized spacial score (nSPS) is 34.0. The molecule has 0 amide bonds. The third-order valence-corrected chi connectivity index (χ3v) is 7.27. The number of nitrogens with two attached hydrogens (primary N) is 2. The van der Waals surface area contributed by atoms with Crippen LogP contribution in [0.15, 0.2) is 0 Å². The minimum atomic E-state index is -2.14. The molecule has 1 aliphatic rings. The quantitative estimate of drug-likeness (QED) is 0.690. The summed E-state index contributed by atoms with van der Waals surface area (Å²) in [6, 6.07) is 1.03. The lowest BCUT2D eigenvalue weighted by Gasteiger charge is -2.40. The molecule has 0 aliphatic carbocycles. The molecule has 0 aromatic heterocycles. The van der Waals surface area contributed by atoms with Gasteiger partial charge in [-0.25, -0.2) is 0 Å². The second-order valence-corrected chi connectivity index (χ2v) is 7.75. The Hall–Kier alpha value is 0.0569. The second kappa shape index (κ2) is 5.96. The van der Waals surface area contributed by atoms with Crippen LogP contribution in [0.3, 0.4) is 0 Å². The molecule has 0 aromatic carbocycles. The summed E-state index contributed by atoms with van der Waals surface area (Å²) < 4.78 is 11.8. The molecule has 90 valence electrons. The van der Waals surface area contributed by atoms with E-state index in [9.17, 15) is 0 Å². The van der Waals surface area contributed by atoms with Gasteiger partial charge in [-0.2, -0.15) is 0 Å². The molecule has 0 saturated carbocycles. The van der Waals surface area contributed by atoms with Gasteiger partial charge in [-0.3, -0.25) is 0 Å². The fraction of sp³-hybridized carbons (Fsp3) is 1.00. The summed E-state index contributed by atoms with van der Waals surface area (Å²) in [6.45, 7) is 2.77. The highest BCUT2D eigenvalue weighted by molar-refractivity contribution is 6.69. The third-order valence-electron chi connectivity index (χ3n) is 3.26. The molecule has 0 bridgehead atoms. The average molecular weight is 232 g/mol. The maximum absolute atomic E-state index is 6.13. The molecule has 15 heavy (non-hydrogen) atoms. The average Bonchev–Trinajstić information content (AvgIpc) is 2.28. The molecule has 1 saturated heterocycles. The Balaban J connectivity index is 2.63. The Labute approximate surface area is 93.6 Å².